The van der Waals surface area contributed by atoms with Crippen LogP contribution < -0.4 is 5.32 Å². The smallest absolute Gasteiger partial charge is 0.0918 e. The highest BCUT2D eigenvalue weighted by Gasteiger charge is 2.40. The second-order valence-corrected chi connectivity index (χ2v) is 4.50. The van der Waals surface area contributed by atoms with Crippen molar-refractivity contribution in [3.8, 4) is 0 Å². The van der Waals surface area contributed by atoms with E-state index in [1.807, 2.05) is 6.07 Å². The minimum Gasteiger partial charge on any atom is -0.318 e. The Morgan fingerprint density at radius 3 is 2.46 bits per heavy atom. The molecule has 0 spiro atoms. The van der Waals surface area contributed by atoms with Crippen LogP contribution in [-0.2, 0) is 8.93 Å². The SMILES string of the molecule is COSC1(c2ccccc2)CNC1. The summed E-state index contributed by atoms with van der Waals surface area (Å²) in [6.07, 6.45) is 0. The van der Waals surface area contributed by atoms with Crippen molar-refractivity contribution in [1.82, 2.24) is 5.32 Å². The van der Waals surface area contributed by atoms with E-state index in [0.29, 0.717) is 0 Å². The van der Waals surface area contributed by atoms with Crippen LogP contribution in [0.3, 0.4) is 0 Å². The molecule has 70 valence electrons. The molecule has 3 heteroatoms. The van der Waals surface area contributed by atoms with Crippen molar-refractivity contribution in [3.05, 3.63) is 35.9 Å². The number of nitrogens with one attached hydrogen (secondary N) is 1. The van der Waals surface area contributed by atoms with Crippen LogP contribution in [-0.4, -0.2) is 20.2 Å². The molecule has 2 rings (SSSR count). The molecule has 0 unspecified atom stereocenters. The Morgan fingerprint density at radius 2 is 2.00 bits per heavy atom. The summed E-state index contributed by atoms with van der Waals surface area (Å²) in [6.45, 7) is 1.99. The van der Waals surface area contributed by atoms with E-state index in [1.54, 1.807) is 19.2 Å². The van der Waals surface area contributed by atoms with Crippen molar-refractivity contribution >= 4 is 12.0 Å². The molecule has 0 bridgehead atoms. The molecule has 0 aliphatic carbocycles. The van der Waals surface area contributed by atoms with Gasteiger partial charge in [0, 0.05) is 25.1 Å². The molecular formula is C10H13NOS. The van der Waals surface area contributed by atoms with Gasteiger partial charge in [-0.2, -0.15) is 0 Å². The van der Waals surface area contributed by atoms with Crippen molar-refractivity contribution in [2.45, 2.75) is 4.75 Å². The Labute approximate surface area is 82.9 Å². The molecule has 1 aromatic rings. The van der Waals surface area contributed by atoms with Gasteiger partial charge in [0.2, 0.25) is 0 Å². The molecule has 0 radical (unpaired) electrons. The largest absolute Gasteiger partial charge is 0.318 e. The van der Waals surface area contributed by atoms with Gasteiger partial charge in [-0.25, -0.2) is 0 Å². The lowest BCUT2D eigenvalue weighted by molar-refractivity contribution is 0.370. The van der Waals surface area contributed by atoms with Crippen molar-refractivity contribution < 1.29 is 4.18 Å². The van der Waals surface area contributed by atoms with Gasteiger partial charge in [0.05, 0.1) is 11.9 Å². The summed E-state index contributed by atoms with van der Waals surface area (Å²) in [5.41, 5.74) is 1.35. The van der Waals surface area contributed by atoms with E-state index in [0.717, 1.165) is 13.1 Å². The normalized spacial score (nSPS) is 19.5. The Hall–Kier alpha value is -0.510. The first kappa shape index (κ1) is 9.06. The maximum atomic E-state index is 5.18. The predicted octanol–water partition coefficient (Wildman–Crippen LogP) is 1.78. The van der Waals surface area contributed by atoms with E-state index < -0.39 is 0 Å². The lowest BCUT2D eigenvalue weighted by Crippen LogP contribution is -2.54. The lowest BCUT2D eigenvalue weighted by Gasteiger charge is -2.41. The van der Waals surface area contributed by atoms with Gasteiger partial charge >= 0.3 is 0 Å². The summed E-state index contributed by atoms with van der Waals surface area (Å²) < 4.78 is 5.33. The van der Waals surface area contributed by atoms with Crippen LogP contribution in [0, 0.1) is 0 Å². The van der Waals surface area contributed by atoms with Crippen LogP contribution in [0.15, 0.2) is 30.3 Å². The van der Waals surface area contributed by atoms with Crippen LogP contribution in [0.4, 0.5) is 0 Å². The quantitative estimate of drug-likeness (QED) is 0.743. The molecule has 0 amide bonds. The Morgan fingerprint density at radius 1 is 1.31 bits per heavy atom. The molecular weight excluding hydrogens is 182 g/mol. The van der Waals surface area contributed by atoms with Gasteiger partial charge < -0.3 is 9.50 Å². The molecule has 2 nitrogen and oxygen atoms in total. The van der Waals surface area contributed by atoms with Gasteiger partial charge in [0.25, 0.3) is 0 Å². The van der Waals surface area contributed by atoms with Crippen LogP contribution in [0.25, 0.3) is 0 Å². The highest BCUT2D eigenvalue weighted by molar-refractivity contribution is 7.95. The van der Waals surface area contributed by atoms with E-state index in [2.05, 4.69) is 29.6 Å². The van der Waals surface area contributed by atoms with E-state index in [4.69, 9.17) is 4.18 Å². The average molecular weight is 195 g/mol. The molecule has 0 saturated carbocycles. The first-order valence-corrected chi connectivity index (χ1v) is 5.10. The van der Waals surface area contributed by atoms with Gasteiger partial charge in [-0.05, 0) is 5.56 Å². The zero-order valence-corrected chi connectivity index (χ0v) is 8.43. The summed E-state index contributed by atoms with van der Waals surface area (Å²) in [4.78, 5) is 0. The predicted molar refractivity (Wildman–Crippen MR) is 55.6 cm³/mol. The molecule has 1 N–H and O–H groups in total. The summed E-state index contributed by atoms with van der Waals surface area (Å²) in [7, 11) is 1.73. The molecule has 1 aliphatic heterocycles. The molecule has 13 heavy (non-hydrogen) atoms. The molecule has 0 aromatic heterocycles. The van der Waals surface area contributed by atoms with E-state index in [1.165, 1.54) is 5.56 Å². The van der Waals surface area contributed by atoms with Crippen molar-refractivity contribution in [2.75, 3.05) is 20.2 Å². The maximum Gasteiger partial charge on any atom is 0.0918 e. The molecule has 1 saturated heterocycles. The average Bonchev–Trinajstić information content (AvgIpc) is 2.13. The third kappa shape index (κ3) is 1.59. The number of hydrogen-bond donors (Lipinski definition) is 1. The third-order valence-electron chi connectivity index (χ3n) is 2.36. The number of benzene rings is 1. The van der Waals surface area contributed by atoms with Crippen LogP contribution in [0.2, 0.25) is 0 Å². The third-order valence-corrected chi connectivity index (χ3v) is 3.37. The number of hydrogen-bond acceptors (Lipinski definition) is 3. The molecule has 0 atom stereocenters. The first-order chi connectivity index (χ1) is 6.37. The minimum absolute atomic E-state index is 0.149. The van der Waals surface area contributed by atoms with Gasteiger partial charge in [0.1, 0.15) is 0 Å². The van der Waals surface area contributed by atoms with E-state index >= 15 is 0 Å². The van der Waals surface area contributed by atoms with Crippen molar-refractivity contribution in [2.24, 2.45) is 0 Å². The fourth-order valence-electron chi connectivity index (χ4n) is 1.56. The number of rotatable bonds is 3. The molecule has 1 aromatic carbocycles. The Bertz CT molecular complexity index is 272. The summed E-state index contributed by atoms with van der Waals surface area (Å²) >= 11 is 1.56. The van der Waals surface area contributed by atoms with Crippen LogP contribution in [0.5, 0.6) is 0 Å². The van der Waals surface area contributed by atoms with E-state index in [9.17, 15) is 0 Å². The first-order valence-electron chi connectivity index (χ1n) is 4.35. The highest BCUT2D eigenvalue weighted by Crippen LogP contribution is 2.39. The fraction of sp³-hybridized carbons (Fsp3) is 0.400. The molecule has 1 aliphatic rings. The fourth-order valence-corrected chi connectivity index (χ4v) is 2.44. The summed E-state index contributed by atoms with van der Waals surface area (Å²) in [5.74, 6) is 0. The summed E-state index contributed by atoms with van der Waals surface area (Å²) in [6, 6.07) is 10.5. The monoisotopic (exact) mass is 195 g/mol. The maximum absolute atomic E-state index is 5.18. The van der Waals surface area contributed by atoms with Crippen molar-refractivity contribution in [1.29, 1.82) is 0 Å². The minimum atomic E-state index is 0.149. The Balaban J connectivity index is 2.22. The second kappa shape index (κ2) is 3.70. The zero-order chi connectivity index (χ0) is 9.15. The highest BCUT2D eigenvalue weighted by atomic mass is 32.2. The molecule has 1 heterocycles. The van der Waals surface area contributed by atoms with Crippen molar-refractivity contribution in [3.63, 3.8) is 0 Å². The van der Waals surface area contributed by atoms with Gasteiger partial charge in [-0.3, -0.25) is 0 Å². The van der Waals surface area contributed by atoms with E-state index in [-0.39, 0.29) is 4.75 Å². The topological polar surface area (TPSA) is 21.3 Å². The van der Waals surface area contributed by atoms with Gasteiger partial charge in [0.15, 0.2) is 0 Å². The summed E-state index contributed by atoms with van der Waals surface area (Å²) in [5, 5.41) is 3.28. The van der Waals surface area contributed by atoms with Crippen LogP contribution in [0.1, 0.15) is 5.56 Å². The van der Waals surface area contributed by atoms with Gasteiger partial charge in [-0.1, -0.05) is 30.3 Å². The van der Waals surface area contributed by atoms with Gasteiger partial charge in [-0.15, -0.1) is 0 Å². The molecule has 1 fully saturated rings. The standard InChI is InChI=1S/C10H13NOS/c1-12-13-10(7-11-8-10)9-5-3-2-4-6-9/h2-6,11H,7-8H2,1H3. The Kier molecular flexibility index (Phi) is 2.58. The van der Waals surface area contributed by atoms with Crippen LogP contribution >= 0.6 is 12.0 Å². The second-order valence-electron chi connectivity index (χ2n) is 3.21. The lowest BCUT2D eigenvalue weighted by atomic mass is 9.93. The zero-order valence-electron chi connectivity index (χ0n) is 7.62.